The van der Waals surface area contributed by atoms with Gasteiger partial charge in [0.1, 0.15) is 5.54 Å². The average molecular weight is 251 g/mol. The van der Waals surface area contributed by atoms with Crippen LogP contribution in [0.2, 0.25) is 0 Å². The molecule has 0 heterocycles. The summed E-state index contributed by atoms with van der Waals surface area (Å²) >= 11 is 0. The second-order valence-corrected chi connectivity index (χ2v) is 5.81. The summed E-state index contributed by atoms with van der Waals surface area (Å²) in [4.78, 5) is 2.51. The van der Waals surface area contributed by atoms with E-state index >= 15 is 0 Å². The van der Waals surface area contributed by atoms with Crippen molar-refractivity contribution in [2.75, 3.05) is 26.2 Å². The fourth-order valence-corrected chi connectivity index (χ4v) is 2.39. The smallest absolute Gasteiger partial charge is 0.105 e. The van der Waals surface area contributed by atoms with Gasteiger partial charge in [-0.15, -0.1) is 0 Å². The summed E-state index contributed by atoms with van der Waals surface area (Å²) in [5.41, 5.74) is -0.358. The first kappa shape index (κ1) is 15.5. The molecule has 104 valence electrons. The monoisotopic (exact) mass is 251 g/mol. The number of nitrogens with one attached hydrogen (secondary N) is 1. The van der Waals surface area contributed by atoms with E-state index in [9.17, 15) is 5.26 Å². The molecule has 3 heteroatoms. The maximum Gasteiger partial charge on any atom is 0.105 e. The summed E-state index contributed by atoms with van der Waals surface area (Å²) in [5.74, 6) is 0.918. The molecule has 1 atom stereocenters. The van der Waals surface area contributed by atoms with E-state index in [4.69, 9.17) is 0 Å². The molecule has 1 N–H and O–H groups in total. The van der Waals surface area contributed by atoms with E-state index in [1.54, 1.807) is 0 Å². The molecule has 1 saturated carbocycles. The lowest BCUT2D eigenvalue weighted by molar-refractivity contribution is 0.173. The second-order valence-electron chi connectivity index (χ2n) is 5.81. The van der Waals surface area contributed by atoms with Gasteiger partial charge in [-0.05, 0) is 51.6 Å². The van der Waals surface area contributed by atoms with Crippen molar-refractivity contribution in [3.63, 3.8) is 0 Å². The van der Waals surface area contributed by atoms with E-state index < -0.39 is 0 Å². The molecular formula is C15H29N3. The summed E-state index contributed by atoms with van der Waals surface area (Å²) in [5, 5.41) is 12.7. The van der Waals surface area contributed by atoms with Crippen molar-refractivity contribution in [3.05, 3.63) is 0 Å². The molecule has 0 spiro atoms. The summed E-state index contributed by atoms with van der Waals surface area (Å²) in [7, 11) is 0. The zero-order valence-corrected chi connectivity index (χ0v) is 12.3. The Morgan fingerprint density at radius 3 is 2.56 bits per heavy atom. The van der Waals surface area contributed by atoms with Gasteiger partial charge in [0, 0.05) is 13.1 Å². The van der Waals surface area contributed by atoms with Crippen molar-refractivity contribution in [2.24, 2.45) is 5.92 Å². The largest absolute Gasteiger partial charge is 0.303 e. The third kappa shape index (κ3) is 4.96. The molecule has 0 aliphatic heterocycles. The quantitative estimate of drug-likeness (QED) is 0.685. The lowest BCUT2D eigenvalue weighted by Gasteiger charge is -2.33. The predicted molar refractivity (Wildman–Crippen MR) is 76.4 cm³/mol. The Morgan fingerprint density at radius 2 is 2.11 bits per heavy atom. The van der Waals surface area contributed by atoms with Crippen molar-refractivity contribution in [1.82, 2.24) is 10.2 Å². The van der Waals surface area contributed by atoms with E-state index in [0.717, 1.165) is 38.4 Å². The molecule has 1 aliphatic carbocycles. The van der Waals surface area contributed by atoms with Gasteiger partial charge in [-0.2, -0.15) is 5.26 Å². The van der Waals surface area contributed by atoms with Crippen LogP contribution in [-0.4, -0.2) is 36.6 Å². The van der Waals surface area contributed by atoms with Gasteiger partial charge >= 0.3 is 0 Å². The van der Waals surface area contributed by atoms with Crippen molar-refractivity contribution in [3.8, 4) is 6.07 Å². The van der Waals surface area contributed by atoms with E-state index in [1.807, 2.05) is 6.92 Å². The van der Waals surface area contributed by atoms with Crippen LogP contribution in [-0.2, 0) is 0 Å². The zero-order valence-electron chi connectivity index (χ0n) is 12.3. The Hall–Kier alpha value is -0.590. The molecule has 0 aromatic rings. The third-order valence-electron chi connectivity index (χ3n) is 4.13. The van der Waals surface area contributed by atoms with Crippen molar-refractivity contribution in [1.29, 1.82) is 5.26 Å². The Kier molecular flexibility index (Phi) is 6.67. The molecule has 1 unspecified atom stereocenters. The highest BCUT2D eigenvalue weighted by atomic mass is 15.1. The number of rotatable bonds is 9. The molecule has 0 aromatic carbocycles. The van der Waals surface area contributed by atoms with Crippen LogP contribution >= 0.6 is 0 Å². The Labute approximate surface area is 113 Å². The van der Waals surface area contributed by atoms with Crippen LogP contribution in [0.1, 0.15) is 52.9 Å². The van der Waals surface area contributed by atoms with Crippen molar-refractivity contribution >= 4 is 0 Å². The zero-order chi connectivity index (χ0) is 13.4. The summed E-state index contributed by atoms with van der Waals surface area (Å²) in [6.07, 6.45) is 6.22. The van der Waals surface area contributed by atoms with Crippen LogP contribution in [0.5, 0.6) is 0 Å². The lowest BCUT2D eigenvalue weighted by atomic mass is 9.85. The summed E-state index contributed by atoms with van der Waals surface area (Å²) < 4.78 is 0. The lowest BCUT2D eigenvalue weighted by Crippen LogP contribution is -2.45. The van der Waals surface area contributed by atoms with Gasteiger partial charge in [0.15, 0.2) is 0 Å². The minimum absolute atomic E-state index is 0.358. The summed E-state index contributed by atoms with van der Waals surface area (Å²) in [6.45, 7) is 10.7. The van der Waals surface area contributed by atoms with Crippen LogP contribution in [0, 0.1) is 17.2 Å². The van der Waals surface area contributed by atoms with Crippen molar-refractivity contribution in [2.45, 2.75) is 58.4 Å². The Morgan fingerprint density at radius 1 is 1.39 bits per heavy atom. The SMILES string of the molecule is CCCNC(C)(C#N)CCN(CC)CC1CCC1. The minimum Gasteiger partial charge on any atom is -0.303 e. The molecule has 0 amide bonds. The Bertz CT molecular complexity index is 267. The van der Waals surface area contributed by atoms with E-state index in [1.165, 1.54) is 25.8 Å². The number of hydrogen-bond donors (Lipinski definition) is 1. The van der Waals surface area contributed by atoms with E-state index in [-0.39, 0.29) is 5.54 Å². The van der Waals surface area contributed by atoms with Gasteiger partial charge in [0.05, 0.1) is 6.07 Å². The first-order chi connectivity index (χ1) is 8.63. The van der Waals surface area contributed by atoms with Crippen LogP contribution in [0.3, 0.4) is 0 Å². The number of hydrogen-bond acceptors (Lipinski definition) is 3. The first-order valence-corrected chi connectivity index (χ1v) is 7.52. The molecule has 0 bridgehead atoms. The first-order valence-electron chi connectivity index (χ1n) is 7.52. The van der Waals surface area contributed by atoms with Crippen LogP contribution < -0.4 is 5.32 Å². The van der Waals surface area contributed by atoms with Gasteiger partial charge in [0.25, 0.3) is 0 Å². The molecule has 18 heavy (non-hydrogen) atoms. The molecule has 1 rings (SSSR count). The highest BCUT2D eigenvalue weighted by molar-refractivity contribution is 5.03. The molecule has 0 saturated heterocycles. The fourth-order valence-electron chi connectivity index (χ4n) is 2.39. The van der Waals surface area contributed by atoms with Crippen molar-refractivity contribution < 1.29 is 0 Å². The predicted octanol–water partition coefficient (Wildman–Crippen LogP) is 2.78. The highest BCUT2D eigenvalue weighted by Gasteiger charge is 2.25. The normalized spacial score (nSPS) is 19.3. The number of nitrogens with zero attached hydrogens (tertiary/aromatic N) is 2. The molecule has 0 aromatic heterocycles. The maximum atomic E-state index is 9.31. The topological polar surface area (TPSA) is 39.1 Å². The number of nitriles is 1. The third-order valence-corrected chi connectivity index (χ3v) is 4.13. The van der Waals surface area contributed by atoms with E-state index in [0.29, 0.717) is 0 Å². The molecular weight excluding hydrogens is 222 g/mol. The standard InChI is InChI=1S/C15H29N3/c1-4-10-17-15(3,13-16)9-11-18(5-2)12-14-7-6-8-14/h14,17H,4-12H2,1-3H3. The average Bonchev–Trinajstić information content (AvgIpc) is 2.34. The van der Waals surface area contributed by atoms with Gasteiger partial charge < -0.3 is 4.90 Å². The molecule has 1 aliphatic rings. The van der Waals surface area contributed by atoms with Gasteiger partial charge in [-0.1, -0.05) is 20.3 Å². The highest BCUT2D eigenvalue weighted by Crippen LogP contribution is 2.27. The molecule has 1 fully saturated rings. The van der Waals surface area contributed by atoms with E-state index in [2.05, 4.69) is 30.1 Å². The van der Waals surface area contributed by atoms with Gasteiger partial charge in [-0.3, -0.25) is 5.32 Å². The summed E-state index contributed by atoms with van der Waals surface area (Å²) in [6, 6.07) is 2.44. The molecule has 3 nitrogen and oxygen atoms in total. The molecule has 0 radical (unpaired) electrons. The van der Waals surface area contributed by atoms with Crippen LogP contribution in [0.25, 0.3) is 0 Å². The van der Waals surface area contributed by atoms with Gasteiger partial charge in [0.2, 0.25) is 0 Å². The minimum atomic E-state index is -0.358. The maximum absolute atomic E-state index is 9.31. The van der Waals surface area contributed by atoms with Gasteiger partial charge in [-0.25, -0.2) is 0 Å². The Balaban J connectivity index is 2.32. The van der Waals surface area contributed by atoms with Crippen LogP contribution in [0.4, 0.5) is 0 Å². The van der Waals surface area contributed by atoms with Crippen LogP contribution in [0.15, 0.2) is 0 Å². The second kappa shape index (κ2) is 7.76. The fraction of sp³-hybridized carbons (Fsp3) is 0.933.